The lowest BCUT2D eigenvalue weighted by Gasteiger charge is -2.35. The minimum absolute atomic E-state index is 0.163. The normalized spacial score (nSPS) is 18.7. The van der Waals surface area contributed by atoms with Crippen molar-refractivity contribution in [3.63, 3.8) is 0 Å². The second-order valence-electron chi connectivity index (χ2n) is 7.60. The van der Waals surface area contributed by atoms with Crippen molar-refractivity contribution in [1.82, 2.24) is 14.9 Å². The van der Waals surface area contributed by atoms with Crippen LogP contribution in [0.4, 0.5) is 5.82 Å². The van der Waals surface area contributed by atoms with Crippen LogP contribution in [0.2, 0.25) is 0 Å². The van der Waals surface area contributed by atoms with Gasteiger partial charge in [-0.25, -0.2) is 9.97 Å². The first-order valence-corrected chi connectivity index (χ1v) is 11.2. The molecule has 4 rings (SSSR count). The van der Waals surface area contributed by atoms with Gasteiger partial charge in [0.05, 0.1) is 0 Å². The van der Waals surface area contributed by atoms with E-state index < -0.39 is 0 Å². The number of likely N-dealkylation sites (tertiary alicyclic amines) is 1. The average molecular weight is 397 g/mol. The molecule has 1 aromatic carbocycles. The van der Waals surface area contributed by atoms with Crippen molar-refractivity contribution in [2.75, 3.05) is 31.1 Å². The van der Waals surface area contributed by atoms with E-state index in [2.05, 4.69) is 31.9 Å². The molecule has 0 saturated carbocycles. The van der Waals surface area contributed by atoms with Gasteiger partial charge in [0.1, 0.15) is 5.03 Å². The monoisotopic (exact) mass is 396 g/mol. The molecular formula is C22H28N4OS. The van der Waals surface area contributed by atoms with Crippen molar-refractivity contribution in [2.45, 2.75) is 48.4 Å². The molecule has 148 valence electrons. The number of amides is 1. The summed E-state index contributed by atoms with van der Waals surface area (Å²) in [6.45, 7) is 3.62. The maximum Gasteiger partial charge on any atom is 0.225 e. The van der Waals surface area contributed by atoms with Gasteiger partial charge >= 0.3 is 0 Å². The fourth-order valence-corrected chi connectivity index (χ4v) is 5.00. The van der Waals surface area contributed by atoms with E-state index >= 15 is 0 Å². The fraction of sp³-hybridized carbons (Fsp3) is 0.500. The number of hydrogen-bond donors (Lipinski definition) is 0. The Hall–Kier alpha value is -2.08. The SMILES string of the molecule is O=C(C1CCN(c2nccnc2Sc2ccccc2)CC1)N1CCCCCC1. The fourth-order valence-electron chi connectivity index (χ4n) is 4.09. The van der Waals surface area contributed by atoms with Crippen LogP contribution in [0, 0.1) is 5.92 Å². The van der Waals surface area contributed by atoms with Crippen LogP contribution in [0.25, 0.3) is 0 Å². The van der Waals surface area contributed by atoms with E-state index in [9.17, 15) is 4.79 Å². The summed E-state index contributed by atoms with van der Waals surface area (Å²) in [4.78, 5) is 27.7. The van der Waals surface area contributed by atoms with Crippen molar-refractivity contribution >= 4 is 23.5 Å². The summed E-state index contributed by atoms with van der Waals surface area (Å²) in [5, 5.41) is 0.936. The Labute approximate surface area is 171 Å². The summed E-state index contributed by atoms with van der Waals surface area (Å²) < 4.78 is 0. The van der Waals surface area contributed by atoms with Crippen LogP contribution in [-0.4, -0.2) is 47.0 Å². The summed E-state index contributed by atoms with van der Waals surface area (Å²) >= 11 is 1.65. The summed E-state index contributed by atoms with van der Waals surface area (Å²) in [6, 6.07) is 10.3. The Morgan fingerprint density at radius 3 is 2.29 bits per heavy atom. The van der Waals surface area contributed by atoms with Crippen LogP contribution in [0.3, 0.4) is 0 Å². The molecule has 3 heterocycles. The molecule has 28 heavy (non-hydrogen) atoms. The number of hydrogen-bond acceptors (Lipinski definition) is 5. The van der Waals surface area contributed by atoms with E-state index in [1.54, 1.807) is 24.2 Å². The Morgan fingerprint density at radius 2 is 1.57 bits per heavy atom. The van der Waals surface area contributed by atoms with E-state index in [4.69, 9.17) is 0 Å². The summed E-state index contributed by atoms with van der Waals surface area (Å²) in [7, 11) is 0. The lowest BCUT2D eigenvalue weighted by molar-refractivity contribution is -0.136. The molecular weight excluding hydrogens is 368 g/mol. The van der Waals surface area contributed by atoms with Crippen molar-refractivity contribution in [2.24, 2.45) is 5.92 Å². The Bertz CT molecular complexity index is 769. The highest BCUT2D eigenvalue weighted by Crippen LogP contribution is 2.34. The topological polar surface area (TPSA) is 49.3 Å². The molecule has 0 radical (unpaired) electrons. The maximum atomic E-state index is 12.9. The molecule has 2 aromatic rings. The van der Waals surface area contributed by atoms with Gasteiger partial charge in [0.2, 0.25) is 5.91 Å². The van der Waals surface area contributed by atoms with E-state index in [-0.39, 0.29) is 5.92 Å². The number of benzene rings is 1. The Balaban J connectivity index is 1.39. The molecule has 0 unspecified atom stereocenters. The number of carbonyl (C=O) groups excluding carboxylic acids is 1. The molecule has 6 heteroatoms. The largest absolute Gasteiger partial charge is 0.354 e. The second-order valence-corrected chi connectivity index (χ2v) is 8.66. The lowest BCUT2D eigenvalue weighted by atomic mass is 9.95. The predicted octanol–water partition coefficient (Wildman–Crippen LogP) is 4.25. The molecule has 0 atom stereocenters. The smallest absolute Gasteiger partial charge is 0.225 e. The summed E-state index contributed by atoms with van der Waals surface area (Å²) in [5.41, 5.74) is 0. The number of nitrogens with zero attached hydrogens (tertiary/aromatic N) is 4. The molecule has 2 fully saturated rings. The summed E-state index contributed by atoms with van der Waals surface area (Å²) in [6.07, 6.45) is 10.2. The quantitative estimate of drug-likeness (QED) is 0.773. The third-order valence-electron chi connectivity index (χ3n) is 5.67. The van der Waals surface area contributed by atoms with Gasteiger partial charge < -0.3 is 9.80 Å². The molecule has 2 saturated heterocycles. The highest BCUT2D eigenvalue weighted by molar-refractivity contribution is 7.99. The number of carbonyl (C=O) groups is 1. The highest BCUT2D eigenvalue weighted by Gasteiger charge is 2.30. The minimum atomic E-state index is 0.163. The lowest BCUT2D eigenvalue weighted by Crippen LogP contribution is -2.43. The standard InChI is InChI=1S/C22H28N4OS/c27-22(26-14-6-1-2-7-15-26)18-10-16-25(17-11-18)20-21(24-13-12-23-20)28-19-8-4-3-5-9-19/h3-5,8-9,12-13,18H,1-2,6-7,10-11,14-17H2. The van der Waals surface area contributed by atoms with Gasteiger partial charge in [-0.1, -0.05) is 42.8 Å². The first-order valence-electron chi connectivity index (χ1n) is 10.4. The molecule has 0 N–H and O–H groups in total. The van der Waals surface area contributed by atoms with Crippen LogP contribution < -0.4 is 4.90 Å². The summed E-state index contributed by atoms with van der Waals surface area (Å²) in [5.74, 6) is 1.48. The van der Waals surface area contributed by atoms with Crippen molar-refractivity contribution in [3.8, 4) is 0 Å². The number of aromatic nitrogens is 2. The van der Waals surface area contributed by atoms with Crippen LogP contribution in [-0.2, 0) is 4.79 Å². The van der Waals surface area contributed by atoms with Crippen LogP contribution in [0.1, 0.15) is 38.5 Å². The maximum absolute atomic E-state index is 12.9. The zero-order valence-electron chi connectivity index (χ0n) is 16.3. The first-order chi connectivity index (χ1) is 13.8. The van der Waals surface area contributed by atoms with E-state index in [0.29, 0.717) is 5.91 Å². The van der Waals surface area contributed by atoms with Crippen molar-refractivity contribution in [3.05, 3.63) is 42.7 Å². The second kappa shape index (κ2) is 9.41. The first kappa shape index (κ1) is 19.2. The van der Waals surface area contributed by atoms with Gasteiger partial charge in [0, 0.05) is 49.4 Å². The third-order valence-corrected chi connectivity index (χ3v) is 6.65. The van der Waals surface area contributed by atoms with Crippen molar-refractivity contribution < 1.29 is 4.79 Å². The zero-order chi connectivity index (χ0) is 19.2. The molecule has 0 aliphatic carbocycles. The number of piperidine rings is 1. The molecule has 1 aromatic heterocycles. The predicted molar refractivity (Wildman–Crippen MR) is 113 cm³/mol. The number of anilines is 1. The van der Waals surface area contributed by atoms with Gasteiger partial charge in [-0.2, -0.15) is 0 Å². The average Bonchev–Trinajstić information content (AvgIpc) is 3.04. The minimum Gasteiger partial charge on any atom is -0.354 e. The van der Waals surface area contributed by atoms with Gasteiger partial charge in [-0.3, -0.25) is 4.79 Å². The molecule has 0 bridgehead atoms. The molecule has 1 amide bonds. The highest BCUT2D eigenvalue weighted by atomic mass is 32.2. The van der Waals surface area contributed by atoms with Gasteiger partial charge in [0.15, 0.2) is 5.82 Å². The zero-order valence-corrected chi connectivity index (χ0v) is 17.1. The molecule has 2 aliphatic heterocycles. The van der Waals surface area contributed by atoms with Gasteiger partial charge in [-0.05, 0) is 37.8 Å². The van der Waals surface area contributed by atoms with Gasteiger partial charge in [0.25, 0.3) is 0 Å². The van der Waals surface area contributed by atoms with E-state index in [1.807, 2.05) is 18.2 Å². The van der Waals surface area contributed by atoms with Crippen LogP contribution in [0.5, 0.6) is 0 Å². The molecule has 0 spiro atoms. The van der Waals surface area contributed by atoms with E-state index in [1.165, 1.54) is 12.8 Å². The molecule has 5 nitrogen and oxygen atoms in total. The van der Waals surface area contributed by atoms with Crippen LogP contribution >= 0.6 is 11.8 Å². The van der Waals surface area contributed by atoms with Crippen molar-refractivity contribution in [1.29, 1.82) is 0 Å². The molecule has 2 aliphatic rings. The Morgan fingerprint density at radius 1 is 0.893 bits per heavy atom. The Kier molecular flexibility index (Phi) is 6.47. The third kappa shape index (κ3) is 4.66. The number of rotatable bonds is 4. The van der Waals surface area contributed by atoms with E-state index in [0.717, 1.165) is 67.6 Å². The van der Waals surface area contributed by atoms with Gasteiger partial charge in [-0.15, -0.1) is 0 Å². The van der Waals surface area contributed by atoms with Crippen LogP contribution in [0.15, 0.2) is 52.6 Å².